The predicted octanol–water partition coefficient (Wildman–Crippen LogP) is 8.23. The summed E-state index contributed by atoms with van der Waals surface area (Å²) in [5.41, 5.74) is 6.56. The summed E-state index contributed by atoms with van der Waals surface area (Å²) in [6.45, 7) is 13.8. The first-order chi connectivity index (χ1) is 24.1. The Labute approximate surface area is 315 Å². The third-order valence-corrected chi connectivity index (χ3v) is 7.42. The molecule has 52 heavy (non-hydrogen) atoms. The molecule has 3 rings (SSSR count). The van der Waals surface area contributed by atoms with Crippen molar-refractivity contribution >= 4 is 76.3 Å². The van der Waals surface area contributed by atoms with Gasteiger partial charge in [-0.2, -0.15) is 18.1 Å². The van der Waals surface area contributed by atoms with E-state index in [1.54, 1.807) is 41.5 Å². The minimum atomic E-state index is -4.41. The molecule has 4 amide bonds. The highest BCUT2D eigenvalue weighted by Gasteiger charge is 2.36. The number of hydrogen-bond acceptors (Lipinski definition) is 10. The molecule has 0 saturated carbocycles. The normalized spacial score (nSPS) is 11.8. The van der Waals surface area contributed by atoms with Gasteiger partial charge >= 0.3 is 18.4 Å². The van der Waals surface area contributed by atoms with Crippen molar-refractivity contribution < 1.29 is 41.8 Å². The molecule has 2 aromatic heterocycles. The summed E-state index contributed by atoms with van der Waals surface area (Å²) in [6, 6.07) is 9.89. The first-order valence-electron chi connectivity index (χ1n) is 15.5. The lowest BCUT2D eigenvalue weighted by atomic mass is 10.1. The zero-order chi connectivity index (χ0) is 39.4. The number of anilines is 3. The highest BCUT2D eigenvalue weighted by atomic mass is 127. The summed E-state index contributed by atoms with van der Waals surface area (Å²) >= 11 is 2.05. The van der Waals surface area contributed by atoms with Gasteiger partial charge in [-0.25, -0.2) is 14.6 Å². The van der Waals surface area contributed by atoms with E-state index in [1.807, 2.05) is 53.2 Å². The maximum Gasteiger partial charge on any atom is 0.425 e. The molecular weight excluding hydrogens is 817 g/mol. The predicted molar refractivity (Wildman–Crippen MR) is 204 cm³/mol. The number of ether oxygens (including phenoxy) is 2. The second kappa shape index (κ2) is 18.9. The van der Waals surface area contributed by atoms with Gasteiger partial charge in [0, 0.05) is 25.9 Å². The second-order valence-corrected chi connectivity index (χ2v) is 15.0. The Morgan fingerprint density at radius 1 is 0.962 bits per heavy atom. The number of halogens is 4. The van der Waals surface area contributed by atoms with Crippen LogP contribution in [-0.4, -0.2) is 56.8 Å². The Morgan fingerprint density at radius 2 is 1.56 bits per heavy atom. The van der Waals surface area contributed by atoms with E-state index in [9.17, 15) is 32.3 Å². The average Bonchev–Trinajstić information content (AvgIpc) is 3.01. The standard InChI is InChI=1S/C18H27IN5O5P.C16H15F3N2O/c1-10(25)23-12-9-21-14(11(13(12)20)8-22-30-19)24(15(26)28-17(2,3)4)16(27)29-18(5,6)7;1-12-4-2-3-5-13(12)9-21(11-22)10-15-7-6-14(8-20-15)16(17,18)19/h8-9,30H,1-7H3,(H2,20,21)(H,23,25);2-8,11H,9-10H2,1H3/b22-8+;. The maximum atomic E-state index is 12.9. The largest absolute Gasteiger partial charge is 0.443 e. The van der Waals surface area contributed by atoms with E-state index in [2.05, 4.69) is 20.0 Å². The first-order valence-corrected chi connectivity index (χ1v) is 19.6. The molecule has 2 heterocycles. The SMILES string of the molecule is CC(=O)Nc1cnc(N(C(=O)OC(C)(C)C)C(=O)OC(C)(C)C)c(/C=N/PI)c1N.Cc1ccccc1CN(C=O)Cc1ccc(C(F)(F)F)cn1. The fraction of sp³-hybridized carbons (Fsp3) is 0.382. The van der Waals surface area contributed by atoms with Crippen molar-refractivity contribution in [2.45, 2.75) is 85.9 Å². The number of imide groups is 1. The van der Waals surface area contributed by atoms with Gasteiger partial charge < -0.3 is 25.4 Å². The summed E-state index contributed by atoms with van der Waals surface area (Å²) in [5, 5.41) is 2.55. The van der Waals surface area contributed by atoms with Crippen molar-refractivity contribution in [3.63, 3.8) is 0 Å². The average molecular weight is 860 g/mol. The van der Waals surface area contributed by atoms with Crippen molar-refractivity contribution in [2.24, 2.45) is 4.76 Å². The molecule has 3 N–H and O–H groups in total. The summed E-state index contributed by atoms with van der Waals surface area (Å²) in [6.07, 6.45) is -2.13. The topological polar surface area (TPSA) is 169 Å². The molecule has 3 aromatic rings. The third-order valence-electron chi connectivity index (χ3n) is 6.36. The maximum absolute atomic E-state index is 12.9. The molecule has 0 aliphatic rings. The van der Waals surface area contributed by atoms with Gasteiger partial charge in [0.05, 0.1) is 47.3 Å². The van der Waals surface area contributed by atoms with Crippen LogP contribution in [0.5, 0.6) is 0 Å². The van der Waals surface area contributed by atoms with Gasteiger partial charge in [0.15, 0.2) is 5.82 Å². The van der Waals surface area contributed by atoms with Gasteiger partial charge in [0.1, 0.15) is 11.2 Å². The molecule has 0 fully saturated rings. The Morgan fingerprint density at radius 3 is 2.02 bits per heavy atom. The number of aryl methyl sites for hydroxylation is 1. The summed E-state index contributed by atoms with van der Waals surface area (Å²) in [7, 11) is 0. The minimum absolute atomic E-state index is 0.0886. The van der Waals surface area contributed by atoms with E-state index < -0.39 is 35.1 Å². The molecule has 0 radical (unpaired) electrons. The summed E-state index contributed by atoms with van der Waals surface area (Å²) < 4.78 is 52.3. The molecule has 0 aliphatic heterocycles. The van der Waals surface area contributed by atoms with Crippen LogP contribution in [0.2, 0.25) is 0 Å². The van der Waals surface area contributed by atoms with Crippen LogP contribution in [0.25, 0.3) is 0 Å². The van der Waals surface area contributed by atoms with Gasteiger partial charge in [0.2, 0.25) is 12.3 Å². The summed E-state index contributed by atoms with van der Waals surface area (Å²) in [5.74, 6) is -0.477. The fourth-order valence-corrected chi connectivity index (χ4v) is 4.70. The monoisotopic (exact) mass is 859 g/mol. The number of amides is 4. The Bertz CT molecular complexity index is 1720. The van der Waals surface area contributed by atoms with Gasteiger partial charge in [-0.3, -0.25) is 19.3 Å². The number of nitrogen functional groups attached to an aromatic ring is 1. The molecule has 0 aliphatic carbocycles. The smallest absolute Gasteiger partial charge is 0.425 e. The van der Waals surface area contributed by atoms with Gasteiger partial charge in [-0.15, -0.1) is 0 Å². The highest BCUT2D eigenvalue weighted by molar-refractivity contribution is 14.2. The molecule has 1 aromatic carbocycles. The molecule has 0 saturated heterocycles. The van der Waals surface area contributed by atoms with Crippen molar-refractivity contribution in [3.05, 3.63) is 76.7 Å². The van der Waals surface area contributed by atoms with Gasteiger partial charge in [-0.05, 0) is 93.8 Å². The number of nitrogens with two attached hydrogens (primary N) is 1. The number of benzene rings is 1. The first kappa shape index (κ1) is 43.8. The molecular formula is C34H42F3IN7O6P. The van der Waals surface area contributed by atoms with Crippen LogP contribution in [-0.2, 0) is 38.3 Å². The van der Waals surface area contributed by atoms with Crippen LogP contribution in [0, 0.1) is 6.92 Å². The van der Waals surface area contributed by atoms with E-state index >= 15 is 0 Å². The molecule has 1 unspecified atom stereocenters. The highest BCUT2D eigenvalue weighted by Crippen LogP contribution is 2.32. The van der Waals surface area contributed by atoms with Gasteiger partial charge in [-0.1, -0.05) is 24.3 Å². The number of aromatic nitrogens is 2. The Hall–Kier alpha value is -4.38. The van der Waals surface area contributed by atoms with Crippen LogP contribution < -0.4 is 16.0 Å². The van der Waals surface area contributed by atoms with E-state index in [4.69, 9.17) is 15.2 Å². The molecule has 282 valence electrons. The number of hydrogen-bond donors (Lipinski definition) is 2. The van der Waals surface area contributed by atoms with Crippen molar-refractivity contribution in [3.8, 4) is 0 Å². The van der Waals surface area contributed by atoms with Crippen LogP contribution in [0.1, 0.15) is 76.4 Å². The quantitative estimate of drug-likeness (QED) is 0.0932. The van der Waals surface area contributed by atoms with Crippen LogP contribution in [0.4, 0.5) is 40.0 Å². The van der Waals surface area contributed by atoms with Crippen molar-refractivity contribution in [1.29, 1.82) is 0 Å². The van der Waals surface area contributed by atoms with E-state index in [0.717, 1.165) is 23.4 Å². The Balaban J connectivity index is 0.000000376. The second-order valence-electron chi connectivity index (χ2n) is 13.1. The zero-order valence-corrected chi connectivity index (χ0v) is 33.1. The zero-order valence-electron chi connectivity index (χ0n) is 30.0. The van der Waals surface area contributed by atoms with Crippen LogP contribution in [0.3, 0.4) is 0 Å². The van der Waals surface area contributed by atoms with Gasteiger partial charge in [0.25, 0.3) is 0 Å². The van der Waals surface area contributed by atoms with E-state index in [0.29, 0.717) is 23.5 Å². The number of carbonyl (C=O) groups is 4. The number of carbonyl (C=O) groups excluding carboxylic acids is 4. The summed E-state index contributed by atoms with van der Waals surface area (Å²) in [4.78, 5) is 58.5. The number of alkyl halides is 3. The number of rotatable bonds is 9. The lowest BCUT2D eigenvalue weighted by Crippen LogP contribution is -2.44. The van der Waals surface area contributed by atoms with E-state index in [1.165, 1.54) is 30.3 Å². The minimum Gasteiger partial charge on any atom is -0.443 e. The van der Waals surface area contributed by atoms with Crippen LogP contribution in [0.15, 0.2) is 53.6 Å². The molecule has 13 nitrogen and oxygen atoms in total. The fourth-order valence-electron chi connectivity index (χ4n) is 4.11. The molecule has 1 atom stereocenters. The molecule has 18 heteroatoms. The number of nitrogens with one attached hydrogen (secondary N) is 1. The molecule has 0 spiro atoms. The number of pyridine rings is 2. The van der Waals surface area contributed by atoms with E-state index in [-0.39, 0.29) is 41.6 Å². The van der Waals surface area contributed by atoms with Crippen molar-refractivity contribution in [2.75, 3.05) is 16.0 Å². The third kappa shape index (κ3) is 14.3. The lowest BCUT2D eigenvalue weighted by molar-refractivity contribution is -0.138. The lowest BCUT2D eigenvalue weighted by Gasteiger charge is -2.29. The van der Waals surface area contributed by atoms with Crippen molar-refractivity contribution in [1.82, 2.24) is 14.9 Å². The molecule has 0 bridgehead atoms. The number of nitrogens with zero attached hydrogens (tertiary/aromatic N) is 5. The van der Waals surface area contributed by atoms with Crippen LogP contribution >= 0.6 is 28.4 Å². The Kier molecular flexibility index (Phi) is 15.9.